The highest BCUT2D eigenvalue weighted by atomic mass is 16.5. The summed E-state index contributed by atoms with van der Waals surface area (Å²) in [6, 6.07) is 7.40. The molecule has 1 aromatic carbocycles. The molecule has 20 heavy (non-hydrogen) atoms. The number of hydrogen-bond donors (Lipinski definition) is 1. The van der Waals surface area contributed by atoms with E-state index >= 15 is 0 Å². The lowest BCUT2D eigenvalue weighted by molar-refractivity contribution is -0.119. The van der Waals surface area contributed by atoms with Crippen molar-refractivity contribution in [2.45, 2.75) is 33.8 Å². The second-order valence-corrected chi connectivity index (χ2v) is 4.79. The molecule has 0 atom stereocenters. The number of nitrogens with one attached hydrogen (secondary N) is 1. The smallest absolute Gasteiger partial charge is 0.224 e. The molecule has 0 saturated heterocycles. The fraction of sp³-hybridized carbons (Fsp3) is 0.467. The van der Waals surface area contributed by atoms with Crippen LogP contribution < -0.4 is 15.0 Å². The number of anilines is 1. The van der Waals surface area contributed by atoms with Gasteiger partial charge in [0.05, 0.1) is 11.8 Å². The molecule has 110 valence electrons. The van der Waals surface area contributed by atoms with Gasteiger partial charge >= 0.3 is 0 Å². The highest BCUT2D eigenvalue weighted by Gasteiger charge is 2.16. The number of rotatable bonds is 6. The second kappa shape index (κ2) is 7.53. The maximum atomic E-state index is 11.8. The molecule has 0 unspecified atom stereocenters. The first-order chi connectivity index (χ1) is 9.41. The number of benzene rings is 1. The monoisotopic (exact) mass is 278 g/mol. The topological polar surface area (TPSA) is 58.6 Å². The van der Waals surface area contributed by atoms with Crippen molar-refractivity contribution in [2.24, 2.45) is 0 Å². The number of amides is 2. The summed E-state index contributed by atoms with van der Waals surface area (Å²) in [4.78, 5) is 24.3. The van der Waals surface area contributed by atoms with Crippen molar-refractivity contribution in [3.63, 3.8) is 0 Å². The Kier molecular flexibility index (Phi) is 6.03. The van der Waals surface area contributed by atoms with Crippen LogP contribution in [0.5, 0.6) is 5.75 Å². The maximum Gasteiger partial charge on any atom is 0.224 e. The SMILES string of the molecule is CC(=O)NCCN(C(C)=O)c1ccccc1OC(C)C. The Balaban J connectivity index is 2.90. The summed E-state index contributed by atoms with van der Waals surface area (Å²) in [5.74, 6) is 0.468. The Morgan fingerprint density at radius 1 is 1.25 bits per heavy atom. The third-order valence-electron chi connectivity index (χ3n) is 2.61. The molecule has 5 nitrogen and oxygen atoms in total. The van der Waals surface area contributed by atoms with E-state index in [-0.39, 0.29) is 17.9 Å². The van der Waals surface area contributed by atoms with Crippen LogP contribution in [-0.2, 0) is 9.59 Å². The summed E-state index contributed by atoms with van der Waals surface area (Å²) in [7, 11) is 0. The third kappa shape index (κ3) is 4.91. The van der Waals surface area contributed by atoms with E-state index in [0.717, 1.165) is 5.69 Å². The van der Waals surface area contributed by atoms with E-state index in [2.05, 4.69) is 5.32 Å². The lowest BCUT2D eigenvalue weighted by Gasteiger charge is -2.24. The normalized spacial score (nSPS) is 10.2. The zero-order valence-electron chi connectivity index (χ0n) is 12.5. The van der Waals surface area contributed by atoms with E-state index in [1.807, 2.05) is 38.1 Å². The Hall–Kier alpha value is -2.04. The van der Waals surface area contributed by atoms with Crippen LogP contribution >= 0.6 is 0 Å². The highest BCUT2D eigenvalue weighted by Crippen LogP contribution is 2.28. The van der Waals surface area contributed by atoms with Gasteiger partial charge in [0.2, 0.25) is 11.8 Å². The molecule has 1 rings (SSSR count). The number of carbonyl (C=O) groups excluding carboxylic acids is 2. The predicted octanol–water partition coefficient (Wildman–Crippen LogP) is 1.96. The molecule has 0 heterocycles. The molecule has 0 fully saturated rings. The lowest BCUT2D eigenvalue weighted by Crippen LogP contribution is -2.37. The van der Waals surface area contributed by atoms with Gasteiger partial charge in [0.25, 0.3) is 0 Å². The summed E-state index contributed by atoms with van der Waals surface area (Å²) in [6.07, 6.45) is 0.0281. The minimum absolute atomic E-state index is 0.0281. The second-order valence-electron chi connectivity index (χ2n) is 4.79. The maximum absolute atomic E-state index is 11.8. The Morgan fingerprint density at radius 2 is 1.90 bits per heavy atom. The number of ether oxygens (including phenoxy) is 1. The van der Waals surface area contributed by atoms with Gasteiger partial charge in [-0.3, -0.25) is 9.59 Å². The van der Waals surface area contributed by atoms with E-state index in [1.165, 1.54) is 13.8 Å². The Bertz CT molecular complexity index is 472. The van der Waals surface area contributed by atoms with E-state index in [9.17, 15) is 9.59 Å². The van der Waals surface area contributed by atoms with Crippen LogP contribution in [0.2, 0.25) is 0 Å². The molecule has 0 bridgehead atoms. The van der Waals surface area contributed by atoms with E-state index in [4.69, 9.17) is 4.74 Å². The molecule has 0 aliphatic heterocycles. The first-order valence-electron chi connectivity index (χ1n) is 6.70. The van der Waals surface area contributed by atoms with Gasteiger partial charge in [0.1, 0.15) is 5.75 Å². The largest absolute Gasteiger partial charge is 0.489 e. The van der Waals surface area contributed by atoms with Crippen LogP contribution in [0.3, 0.4) is 0 Å². The van der Waals surface area contributed by atoms with Gasteiger partial charge in [-0.25, -0.2) is 0 Å². The molecular formula is C15H22N2O3. The third-order valence-corrected chi connectivity index (χ3v) is 2.61. The standard InChI is InChI=1S/C15H22N2O3/c1-11(2)20-15-8-6-5-7-14(15)17(13(4)19)10-9-16-12(3)18/h5-8,11H,9-10H2,1-4H3,(H,16,18). The van der Waals surface area contributed by atoms with Crippen LogP contribution in [0.1, 0.15) is 27.7 Å². The van der Waals surface area contributed by atoms with Crippen molar-refractivity contribution in [1.29, 1.82) is 0 Å². The average molecular weight is 278 g/mol. The summed E-state index contributed by atoms with van der Waals surface area (Å²) in [6.45, 7) is 7.64. The van der Waals surface area contributed by atoms with E-state index < -0.39 is 0 Å². The zero-order chi connectivity index (χ0) is 15.1. The zero-order valence-corrected chi connectivity index (χ0v) is 12.5. The first-order valence-corrected chi connectivity index (χ1v) is 6.70. The molecular weight excluding hydrogens is 256 g/mol. The van der Waals surface area contributed by atoms with Gasteiger partial charge in [-0.1, -0.05) is 12.1 Å². The van der Waals surface area contributed by atoms with Crippen molar-refractivity contribution in [2.75, 3.05) is 18.0 Å². The summed E-state index contributed by atoms with van der Waals surface area (Å²) in [5.41, 5.74) is 0.721. The van der Waals surface area contributed by atoms with Crippen molar-refractivity contribution in [3.05, 3.63) is 24.3 Å². The summed E-state index contributed by atoms with van der Waals surface area (Å²) >= 11 is 0. The average Bonchev–Trinajstić information content (AvgIpc) is 2.34. The predicted molar refractivity (Wildman–Crippen MR) is 78.9 cm³/mol. The van der Waals surface area contributed by atoms with Gasteiger partial charge in [-0.05, 0) is 26.0 Å². The molecule has 2 amide bonds. The molecule has 0 saturated carbocycles. The first kappa shape index (κ1) is 16.0. The minimum Gasteiger partial charge on any atom is -0.489 e. The molecule has 0 aromatic heterocycles. The van der Waals surface area contributed by atoms with Crippen molar-refractivity contribution in [1.82, 2.24) is 5.32 Å². The van der Waals surface area contributed by atoms with Crippen LogP contribution in [0.15, 0.2) is 24.3 Å². The Labute approximate surface area is 119 Å². The van der Waals surface area contributed by atoms with Crippen molar-refractivity contribution in [3.8, 4) is 5.75 Å². The van der Waals surface area contributed by atoms with Gasteiger partial charge in [-0.15, -0.1) is 0 Å². The molecule has 0 spiro atoms. The molecule has 1 N–H and O–H groups in total. The number of hydrogen-bond acceptors (Lipinski definition) is 3. The van der Waals surface area contributed by atoms with Crippen LogP contribution in [-0.4, -0.2) is 31.0 Å². The van der Waals surface area contributed by atoms with Crippen LogP contribution in [0.25, 0.3) is 0 Å². The molecule has 5 heteroatoms. The Morgan fingerprint density at radius 3 is 2.45 bits per heavy atom. The molecule has 0 aliphatic rings. The molecule has 0 radical (unpaired) electrons. The quantitative estimate of drug-likeness (QED) is 0.865. The minimum atomic E-state index is -0.111. The number of nitrogens with zero attached hydrogens (tertiary/aromatic N) is 1. The number of carbonyl (C=O) groups is 2. The number of para-hydroxylation sites is 2. The fourth-order valence-electron chi connectivity index (χ4n) is 1.83. The van der Waals surface area contributed by atoms with E-state index in [0.29, 0.717) is 18.8 Å². The van der Waals surface area contributed by atoms with Gasteiger partial charge < -0.3 is 15.0 Å². The van der Waals surface area contributed by atoms with E-state index in [1.54, 1.807) is 4.90 Å². The lowest BCUT2D eigenvalue weighted by atomic mass is 10.2. The summed E-state index contributed by atoms with van der Waals surface area (Å²) in [5, 5.41) is 2.69. The fourth-order valence-corrected chi connectivity index (χ4v) is 1.83. The van der Waals surface area contributed by atoms with Crippen LogP contribution in [0, 0.1) is 0 Å². The molecule has 1 aromatic rings. The van der Waals surface area contributed by atoms with Gasteiger partial charge in [0.15, 0.2) is 0 Å². The van der Waals surface area contributed by atoms with Crippen molar-refractivity contribution >= 4 is 17.5 Å². The van der Waals surface area contributed by atoms with Gasteiger partial charge in [0, 0.05) is 26.9 Å². The van der Waals surface area contributed by atoms with Crippen LogP contribution in [0.4, 0.5) is 5.69 Å². The van der Waals surface area contributed by atoms with Gasteiger partial charge in [-0.2, -0.15) is 0 Å². The van der Waals surface area contributed by atoms with Crippen molar-refractivity contribution < 1.29 is 14.3 Å². The highest BCUT2D eigenvalue weighted by molar-refractivity contribution is 5.93. The molecule has 0 aliphatic carbocycles. The summed E-state index contributed by atoms with van der Waals surface area (Å²) < 4.78 is 5.72.